The van der Waals surface area contributed by atoms with Crippen LogP contribution in [-0.2, 0) is 14.8 Å². The number of carbonyl (C=O) groups excluding carboxylic acids is 1. The average molecular weight is 416 g/mol. The van der Waals surface area contributed by atoms with Crippen molar-refractivity contribution >= 4 is 21.7 Å². The number of fused-ring (bicyclic) bond motifs is 3. The number of quaternary nitrogens is 1. The van der Waals surface area contributed by atoms with Crippen molar-refractivity contribution < 1.29 is 22.8 Å². The summed E-state index contributed by atoms with van der Waals surface area (Å²) in [7, 11) is -1.57. The van der Waals surface area contributed by atoms with Crippen LogP contribution in [0.4, 0.5) is 5.69 Å². The van der Waals surface area contributed by atoms with Gasteiger partial charge in [-0.25, -0.2) is 13.2 Å². The first-order chi connectivity index (χ1) is 13.8. The molecule has 6 nitrogen and oxygen atoms in total. The topological polar surface area (TPSA) is 68.1 Å². The molecule has 0 aliphatic carbocycles. The zero-order valence-electron chi connectivity index (χ0n) is 17.0. The number of likely N-dealkylation sites (N-methyl/N-ethyl adjacent to an activating group) is 1. The van der Waals surface area contributed by atoms with Gasteiger partial charge in [0.25, 0.3) is 10.0 Å². The molecule has 1 N–H and O–H groups in total. The fraction of sp³-hybridized carbons (Fsp3) is 0.409. The number of ether oxygens (including phenoxy) is 1. The molecule has 154 valence electrons. The molecule has 0 amide bonds. The summed E-state index contributed by atoms with van der Waals surface area (Å²) in [6.45, 7) is 5.93. The third-order valence-corrected chi connectivity index (χ3v) is 7.80. The summed E-state index contributed by atoms with van der Waals surface area (Å²) in [5, 5.41) is 0. The molecule has 1 saturated heterocycles. The molecule has 2 heterocycles. The van der Waals surface area contributed by atoms with E-state index in [1.807, 2.05) is 19.1 Å². The molecule has 0 aromatic heterocycles. The molecule has 0 bridgehead atoms. The largest absolute Gasteiger partial charge is 0.462 e. The van der Waals surface area contributed by atoms with Gasteiger partial charge < -0.3 is 9.64 Å². The van der Waals surface area contributed by atoms with Gasteiger partial charge in [0, 0.05) is 6.42 Å². The second-order valence-electron chi connectivity index (χ2n) is 7.98. The number of hydrogen-bond donors (Lipinski definition) is 1. The third-order valence-electron chi connectivity index (χ3n) is 5.94. The maximum Gasteiger partial charge on any atom is 0.338 e. The van der Waals surface area contributed by atoms with Gasteiger partial charge in [0.05, 0.1) is 54.9 Å². The van der Waals surface area contributed by atoms with E-state index in [-0.39, 0.29) is 23.5 Å². The van der Waals surface area contributed by atoms with E-state index in [4.69, 9.17) is 4.74 Å². The molecule has 0 saturated carbocycles. The highest BCUT2D eigenvalue weighted by Gasteiger charge is 2.48. The van der Waals surface area contributed by atoms with Crippen molar-refractivity contribution in [2.45, 2.75) is 37.1 Å². The van der Waals surface area contributed by atoms with Crippen molar-refractivity contribution in [2.24, 2.45) is 0 Å². The summed E-state index contributed by atoms with van der Waals surface area (Å²) in [5.41, 5.74) is 3.41. The number of sulfonamides is 1. The first-order valence-corrected chi connectivity index (χ1v) is 11.5. The average Bonchev–Trinajstić information content (AvgIpc) is 3.02. The Labute approximate surface area is 172 Å². The number of nitrogens with zero attached hydrogens (tertiary/aromatic N) is 1. The van der Waals surface area contributed by atoms with Crippen molar-refractivity contribution in [1.82, 2.24) is 0 Å². The fourth-order valence-electron chi connectivity index (χ4n) is 4.56. The molecular weight excluding hydrogens is 388 g/mol. The van der Waals surface area contributed by atoms with Crippen LogP contribution in [0.25, 0.3) is 0 Å². The van der Waals surface area contributed by atoms with E-state index < -0.39 is 16.0 Å². The Kier molecular flexibility index (Phi) is 5.12. The molecule has 29 heavy (non-hydrogen) atoms. The van der Waals surface area contributed by atoms with Crippen LogP contribution in [0, 0.1) is 6.92 Å². The molecule has 2 aliphatic heterocycles. The van der Waals surface area contributed by atoms with Crippen LogP contribution >= 0.6 is 0 Å². The SMILES string of the molecule is CCOC(=O)c1ccc(S(=O)(=O)N2c3ccc(C)cc3[C@H]3C[NH+](C)CC[C@@H]32)cc1. The summed E-state index contributed by atoms with van der Waals surface area (Å²) in [6.07, 6.45) is 0.824. The first-order valence-electron chi connectivity index (χ1n) is 10.1. The van der Waals surface area contributed by atoms with E-state index in [0.717, 1.165) is 36.3 Å². The Bertz CT molecular complexity index is 1030. The Morgan fingerprint density at radius 2 is 1.93 bits per heavy atom. The van der Waals surface area contributed by atoms with Gasteiger partial charge in [-0.05, 0) is 49.7 Å². The number of nitrogens with one attached hydrogen (secondary N) is 1. The molecule has 1 unspecified atom stereocenters. The number of aryl methyl sites for hydroxylation is 1. The van der Waals surface area contributed by atoms with E-state index in [9.17, 15) is 13.2 Å². The summed E-state index contributed by atoms with van der Waals surface area (Å²) in [4.78, 5) is 13.5. The molecular formula is C22H27N2O4S+. The van der Waals surface area contributed by atoms with E-state index in [1.54, 1.807) is 11.2 Å². The van der Waals surface area contributed by atoms with Gasteiger partial charge >= 0.3 is 5.97 Å². The zero-order valence-corrected chi connectivity index (χ0v) is 17.8. The lowest BCUT2D eigenvalue weighted by atomic mass is 9.89. The van der Waals surface area contributed by atoms with Crippen LogP contribution in [0.1, 0.15) is 40.7 Å². The summed E-state index contributed by atoms with van der Waals surface area (Å²) >= 11 is 0. The van der Waals surface area contributed by atoms with E-state index in [1.165, 1.54) is 29.2 Å². The van der Waals surface area contributed by atoms with Crippen LogP contribution in [0.2, 0.25) is 0 Å². The zero-order chi connectivity index (χ0) is 20.8. The first kappa shape index (κ1) is 19.9. The Morgan fingerprint density at radius 3 is 2.62 bits per heavy atom. The Balaban J connectivity index is 1.74. The Morgan fingerprint density at radius 1 is 1.21 bits per heavy atom. The molecule has 4 rings (SSSR count). The van der Waals surface area contributed by atoms with Gasteiger partial charge in [0.2, 0.25) is 0 Å². The summed E-state index contributed by atoms with van der Waals surface area (Å²) < 4.78 is 33.9. The number of carbonyl (C=O) groups is 1. The number of piperidine rings is 1. The van der Waals surface area contributed by atoms with Crippen molar-refractivity contribution in [3.05, 3.63) is 59.2 Å². The molecule has 2 aliphatic rings. The predicted molar refractivity (Wildman–Crippen MR) is 111 cm³/mol. The van der Waals surface area contributed by atoms with Gasteiger partial charge in [0.15, 0.2) is 0 Å². The number of likely N-dealkylation sites (tertiary alicyclic amines) is 1. The van der Waals surface area contributed by atoms with Crippen molar-refractivity contribution in [3.63, 3.8) is 0 Å². The van der Waals surface area contributed by atoms with Crippen LogP contribution in [0.15, 0.2) is 47.4 Å². The lowest BCUT2D eigenvalue weighted by Crippen LogP contribution is -3.11. The molecule has 2 aromatic carbocycles. The molecule has 0 radical (unpaired) electrons. The van der Waals surface area contributed by atoms with Crippen LogP contribution in [-0.4, -0.2) is 47.2 Å². The second-order valence-corrected chi connectivity index (χ2v) is 9.80. The van der Waals surface area contributed by atoms with Crippen LogP contribution in [0.5, 0.6) is 0 Å². The normalized spacial score (nSPS) is 23.4. The van der Waals surface area contributed by atoms with E-state index in [2.05, 4.69) is 13.1 Å². The van der Waals surface area contributed by atoms with Gasteiger partial charge in [-0.2, -0.15) is 0 Å². The maximum atomic E-state index is 13.6. The maximum absolute atomic E-state index is 13.6. The number of rotatable bonds is 4. The quantitative estimate of drug-likeness (QED) is 0.773. The minimum Gasteiger partial charge on any atom is -0.462 e. The number of esters is 1. The van der Waals surface area contributed by atoms with Crippen LogP contribution in [0.3, 0.4) is 0 Å². The molecule has 7 heteroatoms. The monoisotopic (exact) mass is 415 g/mol. The number of anilines is 1. The lowest BCUT2D eigenvalue weighted by Gasteiger charge is -2.34. The Hall–Kier alpha value is -2.38. The van der Waals surface area contributed by atoms with Crippen molar-refractivity contribution in [2.75, 3.05) is 31.0 Å². The molecule has 1 fully saturated rings. The van der Waals surface area contributed by atoms with Gasteiger partial charge in [-0.15, -0.1) is 0 Å². The molecule has 0 spiro atoms. The van der Waals surface area contributed by atoms with Crippen molar-refractivity contribution in [1.29, 1.82) is 0 Å². The summed E-state index contributed by atoms with van der Waals surface area (Å²) in [6, 6.07) is 12.0. The highest BCUT2D eigenvalue weighted by molar-refractivity contribution is 7.92. The standard InChI is InChI=1S/C22H26N2O4S/c1-4-28-22(25)16-6-8-17(9-7-16)29(26,27)24-20-10-5-15(2)13-18(20)19-14-23(3)12-11-21(19)24/h5-10,13,19,21H,4,11-12,14H2,1-3H3/p+1/t19-,21+/m1/s1. The van der Waals surface area contributed by atoms with Gasteiger partial charge in [-0.1, -0.05) is 17.7 Å². The van der Waals surface area contributed by atoms with E-state index in [0.29, 0.717) is 5.56 Å². The van der Waals surface area contributed by atoms with Gasteiger partial charge in [0.1, 0.15) is 0 Å². The third kappa shape index (κ3) is 3.42. The lowest BCUT2D eigenvalue weighted by molar-refractivity contribution is -0.886. The number of hydrogen-bond acceptors (Lipinski definition) is 4. The van der Waals surface area contributed by atoms with Gasteiger partial charge in [-0.3, -0.25) is 4.31 Å². The smallest absolute Gasteiger partial charge is 0.338 e. The highest BCUT2D eigenvalue weighted by Crippen LogP contribution is 2.45. The van der Waals surface area contributed by atoms with Crippen molar-refractivity contribution in [3.8, 4) is 0 Å². The fourth-order valence-corrected chi connectivity index (χ4v) is 6.30. The summed E-state index contributed by atoms with van der Waals surface area (Å²) in [5.74, 6) is -0.246. The minimum absolute atomic E-state index is 0.0646. The second kappa shape index (κ2) is 7.46. The molecule has 2 aromatic rings. The van der Waals surface area contributed by atoms with E-state index >= 15 is 0 Å². The molecule has 3 atom stereocenters. The predicted octanol–water partition coefficient (Wildman–Crippen LogP) is 1.75. The minimum atomic E-state index is -3.74. The van der Waals surface area contributed by atoms with Crippen LogP contribution < -0.4 is 9.21 Å². The number of benzene rings is 2. The highest BCUT2D eigenvalue weighted by atomic mass is 32.2.